The van der Waals surface area contributed by atoms with Gasteiger partial charge in [-0.3, -0.25) is 0 Å². The molecule has 0 unspecified atom stereocenters. The van der Waals surface area contributed by atoms with Gasteiger partial charge >= 0.3 is 0 Å². The lowest BCUT2D eigenvalue weighted by molar-refractivity contribution is 0.281. The highest BCUT2D eigenvalue weighted by Gasteiger charge is 2.21. The quantitative estimate of drug-likeness (QED) is 0.687. The highest BCUT2D eigenvalue weighted by molar-refractivity contribution is 6.43. The minimum absolute atomic E-state index is 0.272. The molecule has 0 radical (unpaired) electrons. The van der Waals surface area contributed by atoms with Crippen LogP contribution in [0, 0.1) is 0 Å². The molecule has 0 spiro atoms. The normalized spacial score (nSPS) is 10.8. The Kier molecular flexibility index (Phi) is 5.18. The van der Waals surface area contributed by atoms with Crippen molar-refractivity contribution in [2.24, 2.45) is 0 Å². The Morgan fingerprint density at radius 3 is 2.52 bits per heavy atom. The van der Waals surface area contributed by atoms with Gasteiger partial charge in [-0.05, 0) is 24.3 Å². The summed E-state index contributed by atoms with van der Waals surface area (Å²) in [4.78, 5) is 0. The number of hydrogen-bond donors (Lipinski definition) is 1. The Morgan fingerprint density at radius 1 is 1.08 bits per heavy atom. The van der Waals surface area contributed by atoms with Crippen LogP contribution in [0.15, 0.2) is 40.9 Å². The van der Waals surface area contributed by atoms with Gasteiger partial charge in [0.2, 0.25) is 0 Å². The van der Waals surface area contributed by atoms with Crippen molar-refractivity contribution in [2.75, 3.05) is 14.2 Å². The Balaban J connectivity index is 2.14. The van der Waals surface area contributed by atoms with E-state index in [0.29, 0.717) is 49.7 Å². The van der Waals surface area contributed by atoms with Gasteiger partial charge in [0.15, 0.2) is 17.3 Å². The molecule has 0 fully saturated rings. The van der Waals surface area contributed by atoms with Crippen molar-refractivity contribution in [1.82, 2.24) is 5.16 Å². The maximum Gasteiger partial charge on any atom is 0.173 e. The third-order valence-corrected chi connectivity index (χ3v) is 4.62. The Labute approximate surface area is 154 Å². The zero-order valence-corrected chi connectivity index (χ0v) is 15.1. The van der Waals surface area contributed by atoms with Gasteiger partial charge in [-0.15, -0.1) is 0 Å². The van der Waals surface area contributed by atoms with Crippen molar-refractivity contribution in [3.8, 4) is 34.1 Å². The fraction of sp³-hybridized carbons (Fsp3) is 0.167. The number of aliphatic hydroxyl groups is 1. The number of ether oxygens (including phenoxy) is 2. The van der Waals surface area contributed by atoms with Gasteiger partial charge < -0.3 is 19.1 Å². The van der Waals surface area contributed by atoms with Crippen LogP contribution < -0.4 is 9.47 Å². The summed E-state index contributed by atoms with van der Waals surface area (Å²) in [7, 11) is 3.11. The number of nitrogens with zero attached hydrogens (tertiary/aromatic N) is 1. The molecule has 1 heterocycles. The van der Waals surface area contributed by atoms with Crippen LogP contribution in [-0.4, -0.2) is 24.5 Å². The fourth-order valence-electron chi connectivity index (χ4n) is 2.56. The highest BCUT2D eigenvalue weighted by atomic mass is 35.5. The summed E-state index contributed by atoms with van der Waals surface area (Å²) < 4.78 is 16.0. The molecule has 0 atom stereocenters. The first kappa shape index (κ1) is 17.6. The van der Waals surface area contributed by atoms with Crippen LogP contribution in [0.3, 0.4) is 0 Å². The third kappa shape index (κ3) is 3.18. The Bertz CT molecular complexity index is 908. The summed E-state index contributed by atoms with van der Waals surface area (Å²) in [6.07, 6.45) is 0. The Morgan fingerprint density at radius 2 is 1.84 bits per heavy atom. The Hall–Kier alpha value is -2.21. The lowest BCUT2D eigenvalue weighted by Gasteiger charge is -2.09. The van der Waals surface area contributed by atoms with Crippen LogP contribution in [0.5, 0.6) is 11.5 Å². The lowest BCUT2D eigenvalue weighted by atomic mass is 10.0. The van der Waals surface area contributed by atoms with E-state index in [0.717, 1.165) is 0 Å². The van der Waals surface area contributed by atoms with Crippen molar-refractivity contribution < 1.29 is 19.1 Å². The largest absolute Gasteiger partial charge is 0.493 e. The fourth-order valence-corrected chi connectivity index (χ4v) is 2.95. The van der Waals surface area contributed by atoms with E-state index in [2.05, 4.69) is 5.16 Å². The molecule has 0 bridgehead atoms. The molecule has 3 aromatic rings. The number of halogens is 2. The molecule has 0 amide bonds. The topological polar surface area (TPSA) is 64.7 Å². The van der Waals surface area contributed by atoms with Crippen molar-refractivity contribution >= 4 is 23.2 Å². The molecule has 1 N–H and O–H groups in total. The van der Waals surface area contributed by atoms with Gasteiger partial charge in [-0.1, -0.05) is 40.5 Å². The van der Waals surface area contributed by atoms with Crippen LogP contribution in [0.25, 0.3) is 22.6 Å². The zero-order valence-electron chi connectivity index (χ0n) is 13.5. The second-order valence-corrected chi connectivity index (χ2v) is 5.95. The molecule has 7 heteroatoms. The van der Waals surface area contributed by atoms with Gasteiger partial charge in [-0.2, -0.15) is 0 Å². The maximum absolute atomic E-state index is 9.87. The van der Waals surface area contributed by atoms with E-state index in [1.807, 2.05) is 0 Å². The first-order chi connectivity index (χ1) is 12.1. The predicted octanol–water partition coefficient (Wildman–Crippen LogP) is 4.82. The minimum Gasteiger partial charge on any atom is -0.493 e. The molecule has 0 aliphatic rings. The van der Waals surface area contributed by atoms with E-state index in [4.69, 9.17) is 37.2 Å². The summed E-state index contributed by atoms with van der Waals surface area (Å²) >= 11 is 12.3. The summed E-state index contributed by atoms with van der Waals surface area (Å²) in [5, 5.41) is 14.7. The van der Waals surface area contributed by atoms with E-state index < -0.39 is 0 Å². The van der Waals surface area contributed by atoms with Gasteiger partial charge in [0.25, 0.3) is 0 Å². The third-order valence-electron chi connectivity index (χ3n) is 3.80. The summed E-state index contributed by atoms with van der Waals surface area (Å²) in [5.41, 5.74) is 2.24. The smallest absolute Gasteiger partial charge is 0.173 e. The van der Waals surface area contributed by atoms with Crippen molar-refractivity contribution in [3.63, 3.8) is 0 Å². The summed E-state index contributed by atoms with van der Waals surface area (Å²) in [6, 6.07) is 10.5. The average Bonchev–Trinajstić information content (AvgIpc) is 3.07. The average molecular weight is 380 g/mol. The first-order valence-corrected chi connectivity index (χ1v) is 8.12. The van der Waals surface area contributed by atoms with E-state index in [9.17, 15) is 5.11 Å². The number of benzene rings is 2. The van der Waals surface area contributed by atoms with Gasteiger partial charge in [0.1, 0.15) is 5.69 Å². The molecule has 0 saturated heterocycles. The molecule has 1 aromatic heterocycles. The molecule has 5 nitrogen and oxygen atoms in total. The maximum atomic E-state index is 9.87. The summed E-state index contributed by atoms with van der Waals surface area (Å²) in [6.45, 7) is -0.272. The van der Waals surface area contributed by atoms with E-state index in [1.165, 1.54) is 0 Å². The van der Waals surface area contributed by atoms with Crippen molar-refractivity contribution in [1.29, 1.82) is 0 Å². The molecular weight excluding hydrogens is 365 g/mol. The van der Waals surface area contributed by atoms with Crippen LogP contribution in [0.2, 0.25) is 10.0 Å². The van der Waals surface area contributed by atoms with E-state index >= 15 is 0 Å². The van der Waals surface area contributed by atoms with Gasteiger partial charge in [-0.25, -0.2) is 0 Å². The SMILES string of the molecule is COc1ccc(-c2onc(-c3cccc(Cl)c3Cl)c2CO)cc1OC. The van der Waals surface area contributed by atoms with E-state index in [-0.39, 0.29) is 6.61 Å². The van der Waals surface area contributed by atoms with Gasteiger partial charge in [0, 0.05) is 11.1 Å². The first-order valence-electron chi connectivity index (χ1n) is 7.36. The molecule has 3 rings (SSSR count). The molecule has 0 saturated carbocycles. The predicted molar refractivity (Wildman–Crippen MR) is 96.4 cm³/mol. The number of aliphatic hydroxyl groups excluding tert-OH is 1. The number of aromatic nitrogens is 1. The van der Waals surface area contributed by atoms with E-state index in [1.54, 1.807) is 50.6 Å². The second kappa shape index (κ2) is 7.35. The molecule has 130 valence electrons. The van der Waals surface area contributed by atoms with Crippen molar-refractivity contribution in [2.45, 2.75) is 6.61 Å². The summed E-state index contributed by atoms with van der Waals surface area (Å²) in [5.74, 6) is 1.56. The number of methoxy groups -OCH3 is 2. The van der Waals surface area contributed by atoms with Gasteiger partial charge in [0.05, 0.1) is 36.4 Å². The number of rotatable bonds is 5. The van der Waals surface area contributed by atoms with Crippen LogP contribution in [-0.2, 0) is 6.61 Å². The number of hydrogen-bond acceptors (Lipinski definition) is 5. The monoisotopic (exact) mass is 379 g/mol. The minimum atomic E-state index is -0.272. The van der Waals surface area contributed by atoms with Crippen LogP contribution in [0.1, 0.15) is 5.56 Å². The highest BCUT2D eigenvalue weighted by Crippen LogP contribution is 2.40. The zero-order chi connectivity index (χ0) is 18.0. The molecule has 2 aromatic carbocycles. The lowest BCUT2D eigenvalue weighted by Crippen LogP contribution is -1.93. The van der Waals surface area contributed by atoms with Crippen molar-refractivity contribution in [3.05, 3.63) is 52.0 Å². The standard InChI is InChI=1S/C18H15Cl2NO4/c1-23-14-7-6-10(8-15(14)24-2)18-12(9-22)17(21-25-18)11-4-3-5-13(19)16(11)20/h3-8,22H,9H2,1-2H3. The molecular formula is C18H15Cl2NO4. The molecule has 25 heavy (non-hydrogen) atoms. The second-order valence-electron chi connectivity index (χ2n) is 5.17. The molecule has 0 aliphatic carbocycles. The van der Waals surface area contributed by atoms with Crippen LogP contribution in [0.4, 0.5) is 0 Å². The van der Waals surface area contributed by atoms with Crippen LogP contribution >= 0.6 is 23.2 Å². The molecule has 0 aliphatic heterocycles.